The van der Waals surface area contributed by atoms with Gasteiger partial charge in [0.15, 0.2) is 0 Å². The molecule has 0 radical (unpaired) electrons. The van der Waals surface area contributed by atoms with Crippen LogP contribution >= 0.6 is 35.4 Å². The van der Waals surface area contributed by atoms with Crippen molar-refractivity contribution >= 4 is 58.9 Å². The zero-order chi connectivity index (χ0) is 17.0. The van der Waals surface area contributed by atoms with Crippen LogP contribution in [0.4, 0.5) is 5.69 Å². The Labute approximate surface area is 148 Å². The lowest BCUT2D eigenvalue weighted by atomic mass is 9.80. The molecule has 2 aromatic rings. The first-order valence-corrected chi connectivity index (χ1v) is 7.55. The molecule has 0 saturated carbocycles. The van der Waals surface area contributed by atoms with E-state index < -0.39 is 7.12 Å². The summed E-state index contributed by atoms with van der Waals surface area (Å²) in [7, 11) is -0.158. The van der Waals surface area contributed by atoms with Crippen LogP contribution in [-0.2, 0) is 0 Å². The second-order valence-electron chi connectivity index (χ2n) is 4.42. The van der Waals surface area contributed by atoms with Gasteiger partial charge in [-0.15, -0.1) is 0 Å². The van der Waals surface area contributed by atoms with Gasteiger partial charge in [0.25, 0.3) is 5.17 Å². The van der Waals surface area contributed by atoms with Gasteiger partial charge in [-0.2, -0.15) is 0 Å². The fourth-order valence-corrected chi connectivity index (χ4v) is 2.48. The molecule has 5 nitrogen and oxygen atoms in total. The molecule has 0 aliphatic heterocycles. The molecule has 3 N–H and O–H groups in total. The fourth-order valence-electron chi connectivity index (χ4n) is 1.75. The third-order valence-corrected chi connectivity index (χ3v) is 3.70. The average Bonchev–Trinajstić information content (AvgIpc) is 2.50. The predicted octanol–water partition coefficient (Wildman–Crippen LogP) is 2.46. The molecule has 0 aliphatic rings. The number of ether oxygens (including phenoxy) is 2. The number of hydrogen-bond acceptors (Lipinski definition) is 5. The summed E-state index contributed by atoms with van der Waals surface area (Å²) in [5.41, 5.74) is 0.448. The van der Waals surface area contributed by atoms with Gasteiger partial charge in [-0.25, -0.2) is 0 Å². The number of rotatable bonds is 4. The molecule has 2 aromatic carbocycles. The van der Waals surface area contributed by atoms with Crippen molar-refractivity contribution in [1.29, 1.82) is 0 Å². The third-order valence-electron chi connectivity index (χ3n) is 2.87. The van der Waals surface area contributed by atoms with Crippen molar-refractivity contribution in [2.45, 2.75) is 0 Å². The van der Waals surface area contributed by atoms with Gasteiger partial charge >= 0.3 is 7.12 Å². The lowest BCUT2D eigenvalue weighted by Crippen LogP contribution is -2.31. The Kier molecular flexibility index (Phi) is 6.09. The van der Waals surface area contributed by atoms with Crippen molar-refractivity contribution in [2.75, 3.05) is 12.4 Å². The predicted molar refractivity (Wildman–Crippen MR) is 96.1 cm³/mol. The first-order chi connectivity index (χ1) is 10.9. The summed E-state index contributed by atoms with van der Waals surface area (Å²) in [6, 6.07) is 9.62. The third kappa shape index (κ3) is 4.73. The van der Waals surface area contributed by atoms with Crippen molar-refractivity contribution in [3.05, 3.63) is 46.4 Å². The Bertz CT molecular complexity index is 713. The highest BCUT2D eigenvalue weighted by Gasteiger charge is 2.18. The van der Waals surface area contributed by atoms with Crippen LogP contribution in [0.3, 0.4) is 0 Å². The molecule has 23 heavy (non-hydrogen) atoms. The molecule has 0 saturated heterocycles. The maximum absolute atomic E-state index is 9.26. The van der Waals surface area contributed by atoms with Crippen LogP contribution in [-0.4, -0.2) is 29.5 Å². The Balaban J connectivity index is 2.11. The Morgan fingerprint density at radius 1 is 1.09 bits per heavy atom. The molecule has 120 valence electrons. The molecule has 0 atom stereocenters. The molecule has 0 amide bonds. The van der Waals surface area contributed by atoms with Crippen LogP contribution < -0.4 is 20.3 Å². The minimum absolute atomic E-state index is 0.0396. The van der Waals surface area contributed by atoms with Gasteiger partial charge in [-0.05, 0) is 48.6 Å². The van der Waals surface area contributed by atoms with E-state index in [9.17, 15) is 10.0 Å². The second kappa shape index (κ2) is 7.85. The van der Waals surface area contributed by atoms with E-state index in [1.54, 1.807) is 31.4 Å². The summed E-state index contributed by atoms with van der Waals surface area (Å²) >= 11 is 17.0. The summed E-state index contributed by atoms with van der Waals surface area (Å²) in [5, 5.41) is 21.7. The van der Waals surface area contributed by atoms with E-state index in [1.165, 1.54) is 12.1 Å². The second-order valence-corrected chi connectivity index (χ2v) is 5.60. The number of anilines is 1. The zero-order valence-corrected chi connectivity index (χ0v) is 14.2. The molecule has 0 aromatic heterocycles. The van der Waals surface area contributed by atoms with Crippen LogP contribution in [0.25, 0.3) is 0 Å². The van der Waals surface area contributed by atoms with Crippen LogP contribution in [0.5, 0.6) is 11.5 Å². The van der Waals surface area contributed by atoms with Crippen LogP contribution in [0.15, 0.2) is 36.4 Å². The van der Waals surface area contributed by atoms with E-state index in [1.807, 2.05) is 0 Å². The highest BCUT2D eigenvalue weighted by molar-refractivity contribution is 7.80. The van der Waals surface area contributed by atoms with E-state index in [4.69, 9.17) is 44.9 Å². The van der Waals surface area contributed by atoms with Gasteiger partial charge in [0, 0.05) is 10.5 Å². The number of hydrogen-bond donors (Lipinski definition) is 3. The van der Waals surface area contributed by atoms with Gasteiger partial charge in [0.2, 0.25) is 0 Å². The van der Waals surface area contributed by atoms with Crippen molar-refractivity contribution in [3.8, 4) is 11.5 Å². The normalized spacial score (nSPS) is 10.1. The molecule has 0 unspecified atom stereocenters. The number of nitrogens with one attached hydrogen (secondary N) is 1. The van der Waals surface area contributed by atoms with E-state index >= 15 is 0 Å². The number of benzene rings is 2. The van der Waals surface area contributed by atoms with Crippen molar-refractivity contribution in [2.24, 2.45) is 0 Å². The summed E-state index contributed by atoms with van der Waals surface area (Å²) in [5.74, 6) is 1.20. The number of methoxy groups -OCH3 is 1. The number of halogens is 2. The van der Waals surface area contributed by atoms with Gasteiger partial charge in [0.1, 0.15) is 11.5 Å². The summed E-state index contributed by atoms with van der Waals surface area (Å²) in [6.07, 6.45) is 0. The molecule has 0 bridgehead atoms. The van der Waals surface area contributed by atoms with E-state index in [-0.39, 0.29) is 20.7 Å². The van der Waals surface area contributed by atoms with Crippen LogP contribution in [0.1, 0.15) is 0 Å². The monoisotopic (exact) mass is 371 g/mol. The highest BCUT2D eigenvalue weighted by atomic mass is 35.5. The Morgan fingerprint density at radius 2 is 1.70 bits per heavy atom. The molecular weight excluding hydrogens is 360 g/mol. The highest BCUT2D eigenvalue weighted by Crippen LogP contribution is 2.25. The quantitative estimate of drug-likeness (QED) is 0.566. The average molecular weight is 372 g/mol. The maximum Gasteiger partial charge on any atom is 0.490 e. The minimum atomic E-state index is -1.73. The molecular formula is C14H12BCl2NO4S. The van der Waals surface area contributed by atoms with Crippen molar-refractivity contribution in [1.82, 2.24) is 0 Å². The standard InChI is InChI=1S/C14H12BCl2NO4S/c1-21-8-2-4-9(5-3-8)22-14(23)18-13-6-10(15(19)20)11(16)7-12(13)17/h2-7,19-20H,1H3,(H,18,23). The van der Waals surface area contributed by atoms with Gasteiger partial charge in [0.05, 0.1) is 17.8 Å². The summed E-state index contributed by atoms with van der Waals surface area (Å²) in [6.45, 7) is 0. The van der Waals surface area contributed by atoms with Crippen molar-refractivity contribution < 1.29 is 19.5 Å². The fraction of sp³-hybridized carbons (Fsp3) is 0.0714. The first kappa shape index (κ1) is 17.8. The van der Waals surface area contributed by atoms with E-state index in [0.29, 0.717) is 17.2 Å². The smallest absolute Gasteiger partial charge is 0.490 e. The number of thiocarbonyl (C=S) groups is 1. The SMILES string of the molecule is COc1ccc(OC(=S)Nc2cc(B(O)O)c(Cl)cc2Cl)cc1. The first-order valence-electron chi connectivity index (χ1n) is 6.38. The van der Waals surface area contributed by atoms with Gasteiger partial charge in [-0.3, -0.25) is 0 Å². The minimum Gasteiger partial charge on any atom is -0.497 e. The molecule has 2 rings (SSSR count). The van der Waals surface area contributed by atoms with Crippen LogP contribution in [0.2, 0.25) is 10.0 Å². The Hall–Kier alpha value is -1.51. The lowest BCUT2D eigenvalue weighted by Gasteiger charge is -2.13. The van der Waals surface area contributed by atoms with Gasteiger partial charge < -0.3 is 24.8 Å². The molecule has 0 aliphatic carbocycles. The molecule has 0 spiro atoms. The van der Waals surface area contributed by atoms with E-state index in [2.05, 4.69) is 5.32 Å². The zero-order valence-electron chi connectivity index (χ0n) is 11.9. The van der Waals surface area contributed by atoms with Gasteiger partial charge in [-0.1, -0.05) is 23.2 Å². The molecule has 0 fully saturated rings. The Morgan fingerprint density at radius 3 is 2.26 bits per heavy atom. The maximum atomic E-state index is 9.26. The molecule has 9 heteroatoms. The molecule has 0 heterocycles. The van der Waals surface area contributed by atoms with Crippen LogP contribution in [0, 0.1) is 0 Å². The lowest BCUT2D eigenvalue weighted by molar-refractivity contribution is 0.414. The topological polar surface area (TPSA) is 71.0 Å². The van der Waals surface area contributed by atoms with E-state index in [0.717, 1.165) is 0 Å². The van der Waals surface area contributed by atoms with Crippen molar-refractivity contribution in [3.63, 3.8) is 0 Å². The summed E-state index contributed by atoms with van der Waals surface area (Å²) in [4.78, 5) is 0. The largest absolute Gasteiger partial charge is 0.497 e. The summed E-state index contributed by atoms with van der Waals surface area (Å²) < 4.78 is 10.5.